The standard InChI is InChI=1S/C22H24O4/c1-14(15-6-8-16(24-4)9-7-15)20(23)18-10-11-19-17(21(18)25-5)12-13-22(2,3)26-19/h6-14H,1-5H3. The first-order chi connectivity index (χ1) is 12.4. The number of ether oxygens (including phenoxy) is 3. The van der Waals surface area contributed by atoms with E-state index in [0.29, 0.717) is 11.3 Å². The molecule has 0 saturated carbocycles. The summed E-state index contributed by atoms with van der Waals surface area (Å²) in [5.74, 6) is 1.76. The minimum atomic E-state index is -0.375. The molecule has 0 aliphatic carbocycles. The second kappa shape index (κ2) is 6.87. The molecule has 2 aromatic carbocycles. The highest BCUT2D eigenvalue weighted by molar-refractivity contribution is 6.04. The molecule has 3 rings (SSSR count). The van der Waals surface area contributed by atoms with E-state index in [9.17, 15) is 4.79 Å². The molecule has 26 heavy (non-hydrogen) atoms. The van der Waals surface area contributed by atoms with Crippen molar-refractivity contribution in [3.05, 3.63) is 59.2 Å². The highest BCUT2D eigenvalue weighted by atomic mass is 16.5. The summed E-state index contributed by atoms with van der Waals surface area (Å²) < 4.78 is 16.7. The van der Waals surface area contributed by atoms with Gasteiger partial charge in [-0.1, -0.05) is 19.1 Å². The van der Waals surface area contributed by atoms with Crippen molar-refractivity contribution in [2.24, 2.45) is 0 Å². The minimum absolute atomic E-state index is 0.00745. The summed E-state index contributed by atoms with van der Waals surface area (Å²) in [6, 6.07) is 11.2. The van der Waals surface area contributed by atoms with Crippen molar-refractivity contribution >= 4 is 11.9 Å². The zero-order valence-corrected chi connectivity index (χ0v) is 15.8. The molecule has 0 fully saturated rings. The molecule has 136 valence electrons. The van der Waals surface area contributed by atoms with Crippen molar-refractivity contribution in [3.63, 3.8) is 0 Å². The highest BCUT2D eigenvalue weighted by Crippen LogP contribution is 2.40. The lowest BCUT2D eigenvalue weighted by Crippen LogP contribution is -2.27. The van der Waals surface area contributed by atoms with Crippen molar-refractivity contribution in [1.29, 1.82) is 0 Å². The minimum Gasteiger partial charge on any atom is -0.497 e. The van der Waals surface area contributed by atoms with Crippen molar-refractivity contribution < 1.29 is 19.0 Å². The number of benzene rings is 2. The fourth-order valence-corrected chi connectivity index (χ4v) is 3.12. The largest absolute Gasteiger partial charge is 0.497 e. The van der Waals surface area contributed by atoms with Crippen LogP contribution in [-0.4, -0.2) is 25.6 Å². The van der Waals surface area contributed by atoms with Gasteiger partial charge in [-0.15, -0.1) is 0 Å². The van der Waals surface area contributed by atoms with Gasteiger partial charge in [-0.25, -0.2) is 0 Å². The first kappa shape index (κ1) is 18.1. The van der Waals surface area contributed by atoms with Gasteiger partial charge in [0, 0.05) is 5.92 Å². The molecule has 0 amide bonds. The first-order valence-electron chi connectivity index (χ1n) is 8.63. The summed E-state index contributed by atoms with van der Waals surface area (Å²) in [6.07, 6.45) is 3.94. The van der Waals surface area contributed by atoms with Crippen molar-refractivity contribution in [2.75, 3.05) is 14.2 Å². The average Bonchev–Trinajstić information content (AvgIpc) is 2.65. The topological polar surface area (TPSA) is 44.8 Å². The Kier molecular flexibility index (Phi) is 4.77. The molecule has 0 saturated heterocycles. The van der Waals surface area contributed by atoms with Gasteiger partial charge in [-0.2, -0.15) is 0 Å². The third kappa shape index (κ3) is 3.32. The Morgan fingerprint density at radius 3 is 2.35 bits per heavy atom. The number of carbonyl (C=O) groups is 1. The number of hydrogen-bond donors (Lipinski definition) is 0. The summed E-state index contributed by atoms with van der Waals surface area (Å²) in [5, 5.41) is 0. The van der Waals surface area contributed by atoms with E-state index in [1.54, 1.807) is 20.3 Å². The number of methoxy groups -OCH3 is 2. The van der Waals surface area contributed by atoms with Crippen LogP contribution in [0.15, 0.2) is 42.5 Å². The molecule has 1 aliphatic rings. The van der Waals surface area contributed by atoms with E-state index in [1.165, 1.54) is 0 Å². The van der Waals surface area contributed by atoms with E-state index < -0.39 is 0 Å². The predicted octanol–water partition coefficient (Wildman–Crippen LogP) is 4.87. The van der Waals surface area contributed by atoms with Crippen LogP contribution in [0.5, 0.6) is 17.2 Å². The lowest BCUT2D eigenvalue weighted by molar-refractivity contribution is 0.0962. The fourth-order valence-electron chi connectivity index (χ4n) is 3.12. The molecule has 1 unspecified atom stereocenters. The lowest BCUT2D eigenvalue weighted by atomic mass is 9.90. The molecule has 0 aromatic heterocycles. The molecule has 0 N–H and O–H groups in total. The SMILES string of the molecule is COc1ccc(C(C)C(=O)c2ccc3c(c2OC)C=CC(C)(C)O3)cc1. The monoisotopic (exact) mass is 352 g/mol. The maximum absolute atomic E-state index is 13.1. The van der Waals surface area contributed by atoms with Gasteiger partial charge in [0.15, 0.2) is 5.78 Å². The molecular formula is C22H24O4. The molecule has 1 atom stereocenters. The van der Waals surface area contributed by atoms with Crippen LogP contribution in [0.3, 0.4) is 0 Å². The quantitative estimate of drug-likeness (QED) is 0.720. The first-order valence-corrected chi connectivity index (χ1v) is 8.63. The second-order valence-corrected chi connectivity index (χ2v) is 6.96. The number of fused-ring (bicyclic) bond motifs is 1. The summed E-state index contributed by atoms with van der Waals surface area (Å²) in [7, 11) is 3.20. The predicted molar refractivity (Wildman–Crippen MR) is 102 cm³/mol. The molecule has 4 nitrogen and oxygen atoms in total. The third-order valence-corrected chi connectivity index (χ3v) is 4.66. The van der Waals surface area contributed by atoms with Crippen LogP contribution in [0, 0.1) is 0 Å². The Labute approximate surface area is 154 Å². The Balaban J connectivity index is 1.96. The van der Waals surface area contributed by atoms with Crippen molar-refractivity contribution in [2.45, 2.75) is 32.3 Å². The van der Waals surface area contributed by atoms with Crippen LogP contribution >= 0.6 is 0 Å². The van der Waals surface area contributed by atoms with Crippen molar-refractivity contribution in [1.82, 2.24) is 0 Å². The van der Waals surface area contributed by atoms with Crippen LogP contribution in [-0.2, 0) is 0 Å². The summed E-state index contributed by atoms with van der Waals surface area (Å²) in [4.78, 5) is 13.1. The smallest absolute Gasteiger partial charge is 0.173 e. The van der Waals surface area contributed by atoms with Gasteiger partial charge < -0.3 is 14.2 Å². The number of Topliss-reactive ketones (excluding diaryl/α,β-unsaturated/α-hetero) is 1. The van der Waals surface area contributed by atoms with Crippen LogP contribution < -0.4 is 14.2 Å². The van der Waals surface area contributed by atoms with E-state index >= 15 is 0 Å². The van der Waals surface area contributed by atoms with Gasteiger partial charge in [-0.05, 0) is 55.8 Å². The molecule has 1 aliphatic heterocycles. The maximum atomic E-state index is 13.1. The van der Waals surface area contributed by atoms with Gasteiger partial charge in [0.25, 0.3) is 0 Å². The Hall–Kier alpha value is -2.75. The van der Waals surface area contributed by atoms with E-state index in [0.717, 1.165) is 22.6 Å². The van der Waals surface area contributed by atoms with E-state index in [1.807, 2.05) is 63.3 Å². The molecular weight excluding hydrogens is 328 g/mol. The van der Waals surface area contributed by atoms with Gasteiger partial charge >= 0.3 is 0 Å². The van der Waals surface area contributed by atoms with E-state index in [-0.39, 0.29) is 17.3 Å². The van der Waals surface area contributed by atoms with E-state index in [2.05, 4.69) is 0 Å². The molecule has 0 radical (unpaired) electrons. The van der Waals surface area contributed by atoms with Crippen LogP contribution in [0.25, 0.3) is 6.08 Å². The van der Waals surface area contributed by atoms with Gasteiger partial charge in [-0.3, -0.25) is 4.79 Å². The second-order valence-electron chi connectivity index (χ2n) is 6.96. The van der Waals surface area contributed by atoms with Gasteiger partial charge in [0.1, 0.15) is 22.8 Å². The summed E-state index contributed by atoms with van der Waals surface area (Å²) in [5.41, 5.74) is 1.92. The zero-order valence-electron chi connectivity index (χ0n) is 15.8. The number of rotatable bonds is 5. The molecule has 1 heterocycles. The third-order valence-electron chi connectivity index (χ3n) is 4.66. The Morgan fingerprint density at radius 1 is 1.04 bits per heavy atom. The average molecular weight is 352 g/mol. The number of ketones is 1. The lowest BCUT2D eigenvalue weighted by Gasteiger charge is -2.29. The van der Waals surface area contributed by atoms with Gasteiger partial charge in [0.05, 0.1) is 25.3 Å². The molecule has 4 heteroatoms. The normalized spacial score (nSPS) is 15.6. The number of carbonyl (C=O) groups excluding carboxylic acids is 1. The van der Waals surface area contributed by atoms with E-state index in [4.69, 9.17) is 14.2 Å². The fraction of sp³-hybridized carbons (Fsp3) is 0.318. The highest BCUT2D eigenvalue weighted by Gasteiger charge is 2.28. The van der Waals surface area contributed by atoms with Crippen molar-refractivity contribution in [3.8, 4) is 17.2 Å². The van der Waals surface area contributed by atoms with Gasteiger partial charge in [0.2, 0.25) is 0 Å². The summed E-state index contributed by atoms with van der Waals surface area (Å²) >= 11 is 0. The Bertz CT molecular complexity index is 847. The Morgan fingerprint density at radius 2 is 1.73 bits per heavy atom. The van der Waals surface area contributed by atoms with Crippen LogP contribution in [0.1, 0.15) is 48.2 Å². The maximum Gasteiger partial charge on any atom is 0.173 e. The molecule has 0 bridgehead atoms. The number of hydrogen-bond acceptors (Lipinski definition) is 4. The summed E-state index contributed by atoms with van der Waals surface area (Å²) in [6.45, 7) is 5.88. The molecule has 0 spiro atoms. The molecule has 2 aromatic rings. The van der Waals surface area contributed by atoms with Crippen LogP contribution in [0.2, 0.25) is 0 Å². The van der Waals surface area contributed by atoms with Crippen LogP contribution in [0.4, 0.5) is 0 Å². The zero-order chi connectivity index (χ0) is 18.9.